The summed E-state index contributed by atoms with van der Waals surface area (Å²) in [5, 5.41) is 0. The van der Waals surface area contributed by atoms with Crippen molar-refractivity contribution in [2.75, 3.05) is 12.9 Å². The van der Waals surface area contributed by atoms with E-state index < -0.39 is 4.83 Å². The molecule has 0 aliphatic heterocycles. The maximum atomic E-state index is 12.0. The summed E-state index contributed by atoms with van der Waals surface area (Å²) in [6.45, 7) is 3.56. The van der Waals surface area contributed by atoms with Gasteiger partial charge in [-0.2, -0.15) is 0 Å². The number of carbonyl (C=O) groups is 2. The van der Waals surface area contributed by atoms with Gasteiger partial charge in [-0.05, 0) is 31.7 Å². The summed E-state index contributed by atoms with van der Waals surface area (Å²) in [6.07, 6.45) is 1.89. The molecule has 0 bridgehead atoms. The largest absolute Gasteiger partial charge is 0.462 e. The average molecular weight is 331 g/mol. The Morgan fingerprint density at radius 2 is 2.11 bits per heavy atom. The van der Waals surface area contributed by atoms with Gasteiger partial charge in [-0.25, -0.2) is 4.79 Å². The Bertz CT molecular complexity index is 460. The lowest BCUT2D eigenvalue weighted by molar-refractivity contribution is -0.116. The Kier molecular flexibility index (Phi) is 5.88. The van der Waals surface area contributed by atoms with Crippen molar-refractivity contribution < 1.29 is 14.3 Å². The van der Waals surface area contributed by atoms with Crippen LogP contribution in [0.5, 0.6) is 0 Å². The average Bonchev–Trinajstić information content (AvgIpc) is 2.36. The number of rotatable bonds is 5. The Balaban J connectivity index is 3.33. The van der Waals surface area contributed by atoms with Crippen molar-refractivity contribution in [1.29, 1.82) is 0 Å². The van der Waals surface area contributed by atoms with Crippen LogP contribution in [0.25, 0.3) is 0 Å². The summed E-state index contributed by atoms with van der Waals surface area (Å²) < 4.78 is 5.06. The van der Waals surface area contributed by atoms with Gasteiger partial charge < -0.3 is 4.74 Å². The molecule has 0 radical (unpaired) electrons. The fourth-order valence-electron chi connectivity index (χ4n) is 1.57. The van der Waals surface area contributed by atoms with Crippen LogP contribution in [-0.2, 0) is 9.53 Å². The van der Waals surface area contributed by atoms with Crippen LogP contribution in [0.1, 0.15) is 34.6 Å². The quantitative estimate of drug-likeness (QED) is 0.470. The molecule has 0 fully saturated rings. The molecule has 1 aromatic rings. The van der Waals surface area contributed by atoms with Crippen LogP contribution in [-0.4, -0.2) is 24.6 Å². The minimum absolute atomic E-state index is 0.0428. The van der Waals surface area contributed by atoms with E-state index >= 15 is 0 Å². The van der Waals surface area contributed by atoms with E-state index in [-0.39, 0.29) is 11.8 Å². The van der Waals surface area contributed by atoms with Gasteiger partial charge in [0.05, 0.1) is 17.0 Å². The number of ketones is 1. The van der Waals surface area contributed by atoms with E-state index in [2.05, 4.69) is 15.9 Å². The lowest BCUT2D eigenvalue weighted by Crippen LogP contribution is -2.13. The van der Waals surface area contributed by atoms with Crippen molar-refractivity contribution in [2.45, 2.75) is 23.6 Å². The molecule has 98 valence electrons. The predicted molar refractivity (Wildman–Crippen MR) is 76.5 cm³/mol. The van der Waals surface area contributed by atoms with E-state index in [1.807, 2.05) is 18.4 Å². The van der Waals surface area contributed by atoms with Gasteiger partial charge in [0.2, 0.25) is 0 Å². The number of Topliss-reactive ketones (excluding diaryl/α,β-unsaturated/α-hetero) is 1. The topological polar surface area (TPSA) is 43.4 Å². The molecule has 0 aromatic heterocycles. The monoisotopic (exact) mass is 330 g/mol. The summed E-state index contributed by atoms with van der Waals surface area (Å²) in [7, 11) is 0. The number of hydrogen-bond donors (Lipinski definition) is 0. The van der Waals surface area contributed by atoms with Crippen molar-refractivity contribution in [3.8, 4) is 0 Å². The fourth-order valence-corrected chi connectivity index (χ4v) is 2.57. The Hall–Kier alpha value is -0.810. The number of esters is 1. The number of carbonyl (C=O) groups excluding carboxylic acids is 2. The molecule has 1 atom stereocenters. The first kappa shape index (κ1) is 15.2. The first-order valence-electron chi connectivity index (χ1n) is 5.51. The van der Waals surface area contributed by atoms with E-state index in [4.69, 9.17) is 4.74 Å². The van der Waals surface area contributed by atoms with Crippen LogP contribution in [0.2, 0.25) is 0 Å². The molecule has 1 unspecified atom stereocenters. The molecular formula is C13H15BrO3S. The number of hydrogen-bond acceptors (Lipinski definition) is 4. The second-order valence-electron chi connectivity index (χ2n) is 3.62. The zero-order valence-electron chi connectivity index (χ0n) is 10.5. The third kappa shape index (κ3) is 3.36. The smallest absolute Gasteiger partial charge is 0.339 e. The number of alkyl halides is 1. The van der Waals surface area contributed by atoms with Crippen LogP contribution in [0.4, 0.5) is 0 Å². The number of halogens is 1. The SMILES string of the molecule is CCOC(=O)c1c(SC)cccc1C(Br)C(C)=O. The third-order valence-electron chi connectivity index (χ3n) is 2.39. The first-order chi connectivity index (χ1) is 8.52. The minimum Gasteiger partial charge on any atom is -0.462 e. The summed E-state index contributed by atoms with van der Waals surface area (Å²) in [6, 6.07) is 5.45. The summed E-state index contributed by atoms with van der Waals surface area (Å²) >= 11 is 4.78. The van der Waals surface area contributed by atoms with Crippen LogP contribution >= 0.6 is 27.7 Å². The van der Waals surface area contributed by atoms with Gasteiger partial charge in [0.1, 0.15) is 5.78 Å². The van der Waals surface area contributed by atoms with Crippen molar-refractivity contribution >= 4 is 39.4 Å². The summed E-state index contributed by atoms with van der Waals surface area (Å²) in [5.41, 5.74) is 1.14. The van der Waals surface area contributed by atoms with E-state index in [1.165, 1.54) is 18.7 Å². The van der Waals surface area contributed by atoms with Crippen molar-refractivity contribution in [1.82, 2.24) is 0 Å². The van der Waals surface area contributed by atoms with Crippen LogP contribution < -0.4 is 0 Å². The fraction of sp³-hybridized carbons (Fsp3) is 0.385. The standard InChI is InChI=1S/C13H15BrO3S/c1-4-17-13(16)11-9(12(14)8(2)15)6-5-7-10(11)18-3/h5-7,12H,4H2,1-3H3. The van der Waals surface area contributed by atoms with Crippen molar-refractivity contribution in [3.63, 3.8) is 0 Å². The molecule has 3 nitrogen and oxygen atoms in total. The van der Waals surface area contributed by atoms with Crippen LogP contribution in [0.3, 0.4) is 0 Å². The molecule has 1 aromatic carbocycles. The molecular weight excluding hydrogens is 316 g/mol. The molecule has 0 spiro atoms. The van der Waals surface area contributed by atoms with E-state index in [0.29, 0.717) is 17.7 Å². The molecule has 18 heavy (non-hydrogen) atoms. The second-order valence-corrected chi connectivity index (χ2v) is 5.38. The highest BCUT2D eigenvalue weighted by Crippen LogP contribution is 2.32. The zero-order valence-corrected chi connectivity index (χ0v) is 12.9. The normalized spacial score (nSPS) is 12.0. The van der Waals surface area contributed by atoms with Gasteiger partial charge in [0.25, 0.3) is 0 Å². The number of thioether (sulfide) groups is 1. The maximum Gasteiger partial charge on any atom is 0.339 e. The van der Waals surface area contributed by atoms with Crippen LogP contribution in [0.15, 0.2) is 23.1 Å². The first-order valence-corrected chi connectivity index (χ1v) is 7.65. The van der Waals surface area contributed by atoms with Crippen molar-refractivity contribution in [2.24, 2.45) is 0 Å². The Morgan fingerprint density at radius 3 is 2.61 bits per heavy atom. The van der Waals surface area contributed by atoms with Gasteiger partial charge in [0, 0.05) is 4.90 Å². The lowest BCUT2D eigenvalue weighted by atomic mass is 10.0. The molecule has 5 heteroatoms. The van der Waals surface area contributed by atoms with Crippen LogP contribution in [0, 0.1) is 0 Å². The van der Waals surface area contributed by atoms with E-state index in [1.54, 1.807) is 13.0 Å². The molecule has 1 rings (SSSR count). The Morgan fingerprint density at radius 1 is 1.44 bits per heavy atom. The van der Waals surface area contributed by atoms with E-state index in [9.17, 15) is 9.59 Å². The highest BCUT2D eigenvalue weighted by atomic mass is 79.9. The van der Waals surface area contributed by atoms with Gasteiger partial charge in [-0.15, -0.1) is 11.8 Å². The highest BCUT2D eigenvalue weighted by molar-refractivity contribution is 9.09. The van der Waals surface area contributed by atoms with Gasteiger partial charge in [-0.3, -0.25) is 4.79 Å². The zero-order chi connectivity index (χ0) is 13.7. The summed E-state index contributed by atoms with van der Waals surface area (Å²) in [5.74, 6) is -0.429. The minimum atomic E-state index is -0.482. The third-order valence-corrected chi connectivity index (χ3v) is 4.31. The molecule has 0 amide bonds. The predicted octanol–water partition coefficient (Wildman–Crippen LogP) is 3.61. The molecule has 0 heterocycles. The molecule has 0 aliphatic carbocycles. The molecule has 0 saturated carbocycles. The highest BCUT2D eigenvalue weighted by Gasteiger charge is 2.23. The second kappa shape index (κ2) is 6.95. The molecule has 0 aliphatic rings. The Labute approximate surface area is 119 Å². The molecule has 0 saturated heterocycles. The van der Waals surface area contributed by atoms with Crippen molar-refractivity contribution in [3.05, 3.63) is 29.3 Å². The van der Waals surface area contributed by atoms with Gasteiger partial charge >= 0.3 is 5.97 Å². The molecule has 0 N–H and O–H groups in total. The number of ether oxygens (including phenoxy) is 1. The lowest BCUT2D eigenvalue weighted by Gasteiger charge is -2.15. The summed E-state index contributed by atoms with van der Waals surface area (Å²) in [4.78, 5) is 23.8. The van der Waals surface area contributed by atoms with Gasteiger partial charge in [-0.1, -0.05) is 28.1 Å². The van der Waals surface area contributed by atoms with E-state index in [0.717, 1.165) is 4.90 Å². The maximum absolute atomic E-state index is 12.0. The van der Waals surface area contributed by atoms with Gasteiger partial charge in [0.15, 0.2) is 0 Å². The number of benzene rings is 1.